The van der Waals surface area contributed by atoms with Crippen LogP contribution in [0.2, 0.25) is 0 Å². The number of hydrogen-bond donors (Lipinski definition) is 0. The number of rotatable bonds is 5. The minimum Gasteiger partial charge on any atom is -0.325 e. The second-order valence-electron chi connectivity index (χ2n) is 5.35. The maximum absolute atomic E-state index is 11.9. The van der Waals surface area contributed by atoms with Crippen molar-refractivity contribution in [3.8, 4) is 0 Å². The van der Waals surface area contributed by atoms with E-state index in [-0.39, 0.29) is 24.2 Å². The van der Waals surface area contributed by atoms with Crippen molar-refractivity contribution < 1.29 is 24.0 Å². The van der Waals surface area contributed by atoms with Gasteiger partial charge >= 0.3 is 5.97 Å². The van der Waals surface area contributed by atoms with Crippen LogP contribution in [0.25, 0.3) is 0 Å². The molecular formula is C16H16NO5. The number of imide groups is 1. The predicted molar refractivity (Wildman–Crippen MR) is 76.5 cm³/mol. The van der Waals surface area contributed by atoms with E-state index in [0.29, 0.717) is 17.0 Å². The average molecular weight is 302 g/mol. The van der Waals surface area contributed by atoms with Gasteiger partial charge in [0.15, 0.2) is 5.78 Å². The minimum absolute atomic E-state index is 0.0372. The molecule has 6 heteroatoms. The average Bonchev–Trinajstić information content (AvgIpc) is 2.78. The Kier molecular flexibility index (Phi) is 4.70. The Morgan fingerprint density at radius 1 is 1.00 bits per heavy atom. The number of hydrogen-bond acceptors (Lipinski definition) is 5. The van der Waals surface area contributed by atoms with Crippen LogP contribution < -0.4 is 0 Å². The molecule has 22 heavy (non-hydrogen) atoms. The Labute approximate surface area is 128 Å². The molecule has 0 unspecified atom stereocenters. The van der Waals surface area contributed by atoms with Crippen molar-refractivity contribution in [1.82, 2.24) is 5.06 Å². The Bertz CT molecular complexity index is 602. The van der Waals surface area contributed by atoms with Crippen LogP contribution in [0.3, 0.4) is 0 Å². The molecule has 1 fully saturated rings. The number of ketones is 1. The van der Waals surface area contributed by atoms with Gasteiger partial charge in [0.1, 0.15) is 0 Å². The molecule has 1 saturated heterocycles. The molecule has 6 nitrogen and oxygen atoms in total. The normalized spacial score (nSPS) is 14.6. The summed E-state index contributed by atoms with van der Waals surface area (Å²) >= 11 is 0. The monoisotopic (exact) mass is 302 g/mol. The first-order chi connectivity index (χ1) is 10.4. The van der Waals surface area contributed by atoms with Gasteiger partial charge in [-0.25, -0.2) is 4.79 Å². The summed E-state index contributed by atoms with van der Waals surface area (Å²) in [6.45, 7) is 3.74. The predicted octanol–water partition coefficient (Wildman–Crippen LogP) is 2.09. The van der Waals surface area contributed by atoms with Gasteiger partial charge in [0, 0.05) is 24.8 Å². The molecule has 0 spiro atoms. The zero-order chi connectivity index (χ0) is 16.3. The maximum atomic E-state index is 11.9. The molecule has 0 aromatic heterocycles. The molecule has 1 aliphatic rings. The second kappa shape index (κ2) is 6.51. The van der Waals surface area contributed by atoms with Gasteiger partial charge < -0.3 is 4.84 Å². The zero-order valence-electron chi connectivity index (χ0n) is 12.4. The summed E-state index contributed by atoms with van der Waals surface area (Å²) in [6.07, 6.45) is 0.444. The summed E-state index contributed by atoms with van der Waals surface area (Å²) in [5.74, 6) is -0.900. The quantitative estimate of drug-likeness (QED) is 0.614. The highest BCUT2D eigenvalue weighted by Crippen LogP contribution is 2.16. The second-order valence-corrected chi connectivity index (χ2v) is 5.35. The Morgan fingerprint density at radius 2 is 1.50 bits per heavy atom. The highest BCUT2D eigenvalue weighted by molar-refractivity contribution is 6.03. The van der Waals surface area contributed by atoms with Gasteiger partial charge in [0.25, 0.3) is 11.8 Å². The van der Waals surface area contributed by atoms with Gasteiger partial charge in [-0.1, -0.05) is 26.0 Å². The maximum Gasteiger partial charge on any atom is 0.363 e. The molecule has 0 N–H and O–H groups in total. The fourth-order valence-corrected chi connectivity index (χ4v) is 2.01. The molecule has 0 bridgehead atoms. The summed E-state index contributed by atoms with van der Waals surface area (Å²) < 4.78 is 0. The summed E-state index contributed by atoms with van der Waals surface area (Å²) in [5, 5.41) is 0.497. The lowest BCUT2D eigenvalue weighted by atomic mass is 10.0. The third kappa shape index (κ3) is 3.58. The fraction of sp³-hybridized carbons (Fsp3) is 0.312. The molecule has 0 aliphatic carbocycles. The van der Waals surface area contributed by atoms with Crippen LogP contribution >= 0.6 is 0 Å². The number of carbonyl (C=O) groups excluding carboxylic acids is 4. The van der Waals surface area contributed by atoms with Crippen LogP contribution in [-0.2, 0) is 14.4 Å². The molecule has 1 aliphatic heterocycles. The van der Waals surface area contributed by atoms with Crippen molar-refractivity contribution >= 4 is 23.6 Å². The molecule has 0 atom stereocenters. The Morgan fingerprint density at radius 3 is 2.00 bits per heavy atom. The molecule has 2 amide bonds. The van der Waals surface area contributed by atoms with Crippen LogP contribution in [0.1, 0.15) is 53.8 Å². The van der Waals surface area contributed by atoms with Crippen LogP contribution in [0.15, 0.2) is 24.3 Å². The molecule has 115 valence electrons. The van der Waals surface area contributed by atoms with Crippen molar-refractivity contribution in [3.05, 3.63) is 41.3 Å². The van der Waals surface area contributed by atoms with E-state index < -0.39 is 17.8 Å². The van der Waals surface area contributed by atoms with E-state index in [1.54, 1.807) is 0 Å². The summed E-state index contributed by atoms with van der Waals surface area (Å²) in [7, 11) is 0. The molecule has 2 rings (SSSR count). The van der Waals surface area contributed by atoms with E-state index in [4.69, 9.17) is 4.84 Å². The number of hydroxylamine groups is 2. The van der Waals surface area contributed by atoms with Crippen LogP contribution in [-0.4, -0.2) is 28.6 Å². The third-order valence-corrected chi connectivity index (χ3v) is 3.14. The van der Waals surface area contributed by atoms with Crippen molar-refractivity contribution in [1.29, 1.82) is 0 Å². The van der Waals surface area contributed by atoms with Crippen LogP contribution in [0.4, 0.5) is 0 Å². The van der Waals surface area contributed by atoms with Gasteiger partial charge in [-0.15, -0.1) is 5.06 Å². The third-order valence-electron chi connectivity index (χ3n) is 3.14. The first-order valence-corrected chi connectivity index (χ1v) is 6.89. The summed E-state index contributed by atoms with van der Waals surface area (Å²) in [4.78, 5) is 51.3. The fourth-order valence-electron chi connectivity index (χ4n) is 2.01. The van der Waals surface area contributed by atoms with E-state index in [9.17, 15) is 19.2 Å². The molecule has 1 aromatic carbocycles. The summed E-state index contributed by atoms with van der Waals surface area (Å²) in [6, 6.07) is 5.92. The standard InChI is InChI=1S/C16H16NO5/c1-10(2)9-13(18)11-3-5-12(6-4-11)16(21)22-17-14(19)7-8-15(17)20/h3-6H,7-9H2,1-2H3. The van der Waals surface area contributed by atoms with Crippen molar-refractivity contribution in [2.24, 2.45) is 0 Å². The minimum atomic E-state index is -0.805. The highest BCUT2D eigenvalue weighted by atomic mass is 16.7. The lowest BCUT2D eigenvalue weighted by Crippen LogP contribution is -2.32. The first-order valence-electron chi connectivity index (χ1n) is 6.89. The van der Waals surface area contributed by atoms with Gasteiger partial charge in [0.2, 0.25) is 0 Å². The summed E-state index contributed by atoms with van der Waals surface area (Å²) in [5.41, 5.74) is 0.660. The zero-order valence-corrected chi connectivity index (χ0v) is 12.4. The van der Waals surface area contributed by atoms with Gasteiger partial charge in [0.05, 0.1) is 5.56 Å². The van der Waals surface area contributed by atoms with Crippen molar-refractivity contribution in [2.45, 2.75) is 33.1 Å². The van der Waals surface area contributed by atoms with E-state index in [0.717, 1.165) is 5.92 Å². The SMILES string of the molecule is C[C](C)CC(=O)c1ccc(C(=O)ON2C(=O)CCC2=O)cc1. The first kappa shape index (κ1) is 15.9. The molecule has 0 saturated carbocycles. The number of nitrogens with zero attached hydrogens (tertiary/aromatic N) is 1. The van der Waals surface area contributed by atoms with Gasteiger partial charge in [-0.05, 0) is 18.1 Å². The lowest BCUT2D eigenvalue weighted by molar-refractivity contribution is -0.172. The van der Waals surface area contributed by atoms with Crippen molar-refractivity contribution in [2.75, 3.05) is 0 Å². The molecule has 1 aromatic rings. The van der Waals surface area contributed by atoms with E-state index >= 15 is 0 Å². The Balaban J connectivity index is 2.04. The molecule has 1 radical (unpaired) electrons. The largest absolute Gasteiger partial charge is 0.363 e. The number of Topliss-reactive ketones (excluding diaryl/α,β-unsaturated/α-hetero) is 1. The van der Waals surface area contributed by atoms with E-state index in [1.807, 2.05) is 13.8 Å². The van der Waals surface area contributed by atoms with Crippen molar-refractivity contribution in [3.63, 3.8) is 0 Å². The van der Waals surface area contributed by atoms with Gasteiger partial charge in [-0.3, -0.25) is 14.4 Å². The molecule has 1 heterocycles. The van der Waals surface area contributed by atoms with E-state index in [1.165, 1.54) is 24.3 Å². The molecular weight excluding hydrogens is 286 g/mol. The lowest BCUT2D eigenvalue weighted by Gasteiger charge is -2.12. The number of carbonyl (C=O) groups is 4. The van der Waals surface area contributed by atoms with Gasteiger partial charge in [-0.2, -0.15) is 0 Å². The number of amides is 2. The topological polar surface area (TPSA) is 80.8 Å². The van der Waals surface area contributed by atoms with Crippen LogP contribution in [0, 0.1) is 5.92 Å². The van der Waals surface area contributed by atoms with Crippen LogP contribution in [0.5, 0.6) is 0 Å². The Hall–Kier alpha value is -2.50. The highest BCUT2D eigenvalue weighted by Gasteiger charge is 2.33. The smallest absolute Gasteiger partial charge is 0.325 e. The number of benzene rings is 1. The van der Waals surface area contributed by atoms with E-state index in [2.05, 4.69) is 0 Å².